The molecule has 0 aromatic heterocycles. The van der Waals surface area contributed by atoms with Crippen LogP contribution in [0.15, 0.2) is 0 Å². The van der Waals surface area contributed by atoms with E-state index in [0.29, 0.717) is 6.54 Å². The maximum atomic E-state index is 12.2. The molecule has 1 rings (SSSR count). The maximum absolute atomic E-state index is 12.2. The van der Waals surface area contributed by atoms with Crippen LogP contribution < -0.4 is 5.32 Å². The average molecular weight is 210 g/mol. The van der Waals surface area contributed by atoms with Crippen molar-refractivity contribution < 1.29 is 13.2 Å². The van der Waals surface area contributed by atoms with Gasteiger partial charge in [0.1, 0.15) is 6.04 Å². The van der Waals surface area contributed by atoms with Crippen molar-refractivity contribution in [3.8, 4) is 0 Å². The van der Waals surface area contributed by atoms with Crippen LogP contribution in [0.4, 0.5) is 13.2 Å². The average Bonchev–Trinajstić information content (AvgIpc) is 2.02. The normalized spacial score (nSPS) is 27.6. The van der Waals surface area contributed by atoms with E-state index >= 15 is 0 Å². The van der Waals surface area contributed by atoms with E-state index in [4.69, 9.17) is 0 Å². The number of hydrogen-bond acceptors (Lipinski definition) is 2. The van der Waals surface area contributed by atoms with Gasteiger partial charge in [-0.15, -0.1) is 0 Å². The summed E-state index contributed by atoms with van der Waals surface area (Å²) >= 11 is 0. The van der Waals surface area contributed by atoms with Gasteiger partial charge in [-0.05, 0) is 33.4 Å². The Hall–Kier alpha value is -0.290. The second kappa shape index (κ2) is 4.49. The summed E-state index contributed by atoms with van der Waals surface area (Å²) < 4.78 is 36.7. The molecule has 0 aliphatic carbocycles. The van der Waals surface area contributed by atoms with E-state index in [1.54, 1.807) is 0 Å². The van der Waals surface area contributed by atoms with Crippen LogP contribution in [-0.4, -0.2) is 43.3 Å². The van der Waals surface area contributed by atoms with Crippen LogP contribution in [0.25, 0.3) is 0 Å². The van der Waals surface area contributed by atoms with Crippen molar-refractivity contribution in [2.45, 2.75) is 38.0 Å². The minimum atomic E-state index is -4.13. The largest absolute Gasteiger partial charge is 0.403 e. The van der Waals surface area contributed by atoms with Gasteiger partial charge in [0.15, 0.2) is 0 Å². The van der Waals surface area contributed by atoms with Crippen LogP contribution >= 0.6 is 0 Å². The summed E-state index contributed by atoms with van der Waals surface area (Å²) in [7, 11) is 1.94. The minimum absolute atomic E-state index is 0.0228. The van der Waals surface area contributed by atoms with E-state index in [1.165, 1.54) is 6.92 Å². The second-order valence-corrected chi connectivity index (χ2v) is 4.03. The van der Waals surface area contributed by atoms with Gasteiger partial charge < -0.3 is 10.2 Å². The summed E-state index contributed by atoms with van der Waals surface area (Å²) in [6.45, 7) is 2.87. The zero-order valence-electron chi connectivity index (χ0n) is 8.56. The van der Waals surface area contributed by atoms with Gasteiger partial charge in [-0.3, -0.25) is 0 Å². The number of alkyl halides is 3. The first-order valence-electron chi connectivity index (χ1n) is 4.91. The zero-order valence-corrected chi connectivity index (χ0v) is 8.56. The second-order valence-electron chi connectivity index (χ2n) is 4.03. The van der Waals surface area contributed by atoms with E-state index in [9.17, 15) is 13.2 Å². The van der Waals surface area contributed by atoms with Crippen LogP contribution in [0.5, 0.6) is 0 Å². The number of nitrogens with one attached hydrogen (secondary N) is 1. The third-order valence-corrected chi connectivity index (χ3v) is 2.60. The Labute approximate surface area is 82.5 Å². The summed E-state index contributed by atoms with van der Waals surface area (Å²) in [5.74, 6) is 0. The summed E-state index contributed by atoms with van der Waals surface area (Å²) in [5.41, 5.74) is 0. The molecule has 2 unspecified atom stereocenters. The highest BCUT2D eigenvalue weighted by atomic mass is 19.4. The molecule has 84 valence electrons. The first kappa shape index (κ1) is 11.8. The summed E-state index contributed by atoms with van der Waals surface area (Å²) in [5, 5.41) is 2.62. The molecule has 14 heavy (non-hydrogen) atoms. The van der Waals surface area contributed by atoms with Crippen LogP contribution in [0.2, 0.25) is 0 Å². The molecule has 1 N–H and O–H groups in total. The maximum Gasteiger partial charge on any atom is 0.403 e. The molecule has 0 amide bonds. The lowest BCUT2D eigenvalue weighted by molar-refractivity contribution is -0.154. The van der Waals surface area contributed by atoms with Gasteiger partial charge in [-0.25, -0.2) is 0 Å². The SMILES string of the molecule is CC(NC1CCCN(C)C1)C(F)(F)F. The van der Waals surface area contributed by atoms with Crippen molar-refractivity contribution in [3.05, 3.63) is 0 Å². The van der Waals surface area contributed by atoms with Crippen LogP contribution in [0.3, 0.4) is 0 Å². The molecule has 2 nitrogen and oxygen atoms in total. The number of likely N-dealkylation sites (tertiary alicyclic amines) is 1. The van der Waals surface area contributed by atoms with Crippen molar-refractivity contribution in [1.82, 2.24) is 10.2 Å². The van der Waals surface area contributed by atoms with E-state index in [-0.39, 0.29) is 6.04 Å². The van der Waals surface area contributed by atoms with Crippen molar-refractivity contribution in [2.75, 3.05) is 20.1 Å². The molecule has 0 bridgehead atoms. The van der Waals surface area contributed by atoms with E-state index in [1.807, 2.05) is 7.05 Å². The van der Waals surface area contributed by atoms with Crippen molar-refractivity contribution >= 4 is 0 Å². The van der Waals surface area contributed by atoms with Crippen LogP contribution in [0.1, 0.15) is 19.8 Å². The highest BCUT2D eigenvalue weighted by Crippen LogP contribution is 2.21. The molecule has 1 aliphatic heterocycles. The Morgan fingerprint density at radius 1 is 1.43 bits per heavy atom. The molecule has 0 aromatic carbocycles. The predicted molar refractivity (Wildman–Crippen MR) is 49.2 cm³/mol. The lowest BCUT2D eigenvalue weighted by atomic mass is 10.1. The quantitative estimate of drug-likeness (QED) is 0.745. The lowest BCUT2D eigenvalue weighted by Crippen LogP contribution is -2.51. The predicted octanol–water partition coefficient (Wildman–Crippen LogP) is 1.62. The summed E-state index contributed by atoms with van der Waals surface area (Å²) in [4.78, 5) is 2.06. The molecule has 0 aromatic rings. The molecule has 1 saturated heterocycles. The Balaban J connectivity index is 2.36. The fourth-order valence-electron chi connectivity index (χ4n) is 1.75. The van der Waals surface area contributed by atoms with Crippen LogP contribution in [0, 0.1) is 0 Å². The number of halogens is 3. The fourth-order valence-corrected chi connectivity index (χ4v) is 1.75. The Morgan fingerprint density at radius 2 is 2.07 bits per heavy atom. The fraction of sp³-hybridized carbons (Fsp3) is 1.00. The van der Waals surface area contributed by atoms with Gasteiger partial charge in [-0.2, -0.15) is 13.2 Å². The number of likely N-dealkylation sites (N-methyl/N-ethyl adjacent to an activating group) is 1. The first-order valence-corrected chi connectivity index (χ1v) is 4.91. The Morgan fingerprint density at radius 3 is 2.57 bits per heavy atom. The first-order chi connectivity index (χ1) is 6.39. The molecular weight excluding hydrogens is 193 g/mol. The summed E-state index contributed by atoms with van der Waals surface area (Å²) in [6.07, 6.45) is -2.32. The van der Waals surface area contributed by atoms with Crippen molar-refractivity contribution in [1.29, 1.82) is 0 Å². The van der Waals surface area contributed by atoms with Crippen molar-refractivity contribution in [2.24, 2.45) is 0 Å². The Kier molecular flexibility index (Phi) is 3.78. The monoisotopic (exact) mass is 210 g/mol. The van der Waals surface area contributed by atoms with E-state index < -0.39 is 12.2 Å². The molecule has 1 fully saturated rings. The van der Waals surface area contributed by atoms with Gasteiger partial charge in [0.25, 0.3) is 0 Å². The Bertz CT molecular complexity index is 181. The topological polar surface area (TPSA) is 15.3 Å². The van der Waals surface area contributed by atoms with Crippen molar-refractivity contribution in [3.63, 3.8) is 0 Å². The zero-order chi connectivity index (χ0) is 10.8. The van der Waals surface area contributed by atoms with Gasteiger partial charge in [-0.1, -0.05) is 0 Å². The number of piperidine rings is 1. The van der Waals surface area contributed by atoms with Gasteiger partial charge >= 0.3 is 6.18 Å². The molecule has 5 heteroatoms. The third kappa shape index (κ3) is 3.46. The smallest absolute Gasteiger partial charge is 0.305 e. The number of hydrogen-bond donors (Lipinski definition) is 1. The summed E-state index contributed by atoms with van der Waals surface area (Å²) in [6, 6.07) is -1.43. The minimum Gasteiger partial charge on any atom is -0.305 e. The van der Waals surface area contributed by atoms with Gasteiger partial charge in [0, 0.05) is 12.6 Å². The van der Waals surface area contributed by atoms with Gasteiger partial charge in [0.05, 0.1) is 0 Å². The number of rotatable bonds is 2. The molecule has 2 atom stereocenters. The molecule has 1 aliphatic rings. The molecule has 0 spiro atoms. The molecule has 0 radical (unpaired) electrons. The van der Waals surface area contributed by atoms with E-state index in [0.717, 1.165) is 19.4 Å². The lowest BCUT2D eigenvalue weighted by Gasteiger charge is -2.32. The number of nitrogens with zero attached hydrogens (tertiary/aromatic N) is 1. The van der Waals surface area contributed by atoms with Crippen LogP contribution in [-0.2, 0) is 0 Å². The standard InChI is InChI=1S/C9H17F3N2/c1-7(9(10,11)12)13-8-4-3-5-14(2)6-8/h7-8,13H,3-6H2,1-2H3. The highest BCUT2D eigenvalue weighted by Gasteiger charge is 2.37. The van der Waals surface area contributed by atoms with Gasteiger partial charge in [0.2, 0.25) is 0 Å². The molecule has 1 heterocycles. The third-order valence-electron chi connectivity index (χ3n) is 2.60. The molecule has 0 saturated carbocycles. The highest BCUT2D eigenvalue weighted by molar-refractivity contribution is 4.81. The van der Waals surface area contributed by atoms with E-state index in [2.05, 4.69) is 10.2 Å². The molecular formula is C9H17F3N2.